The SMILES string of the molecule is CCCCc1ccc(C2(N)CCSCC2)cc1. The molecular weight excluding hydrogens is 226 g/mol. The molecule has 1 aromatic carbocycles. The van der Waals surface area contributed by atoms with Gasteiger partial charge in [-0.05, 0) is 48.3 Å². The highest BCUT2D eigenvalue weighted by Crippen LogP contribution is 2.33. The molecule has 1 aliphatic heterocycles. The van der Waals surface area contributed by atoms with Crippen molar-refractivity contribution >= 4 is 11.8 Å². The van der Waals surface area contributed by atoms with Gasteiger partial charge >= 0.3 is 0 Å². The van der Waals surface area contributed by atoms with Crippen molar-refractivity contribution in [2.75, 3.05) is 11.5 Å². The minimum atomic E-state index is -0.0610. The summed E-state index contributed by atoms with van der Waals surface area (Å²) < 4.78 is 0. The Morgan fingerprint density at radius 2 is 1.82 bits per heavy atom. The number of thioether (sulfide) groups is 1. The van der Waals surface area contributed by atoms with Crippen LogP contribution in [-0.4, -0.2) is 11.5 Å². The minimum absolute atomic E-state index is 0.0610. The molecule has 1 aromatic rings. The van der Waals surface area contributed by atoms with Crippen LogP contribution in [0.5, 0.6) is 0 Å². The molecule has 0 radical (unpaired) electrons. The van der Waals surface area contributed by atoms with Crippen molar-refractivity contribution in [3.63, 3.8) is 0 Å². The van der Waals surface area contributed by atoms with Crippen LogP contribution in [0.25, 0.3) is 0 Å². The Balaban J connectivity index is 2.06. The number of benzene rings is 1. The number of rotatable bonds is 4. The Morgan fingerprint density at radius 3 is 2.41 bits per heavy atom. The van der Waals surface area contributed by atoms with Crippen LogP contribution < -0.4 is 5.73 Å². The Kier molecular flexibility index (Phi) is 4.52. The highest BCUT2D eigenvalue weighted by atomic mass is 32.2. The van der Waals surface area contributed by atoms with Gasteiger partial charge in [0.2, 0.25) is 0 Å². The zero-order valence-electron chi connectivity index (χ0n) is 10.7. The van der Waals surface area contributed by atoms with E-state index < -0.39 is 0 Å². The summed E-state index contributed by atoms with van der Waals surface area (Å²) in [6.07, 6.45) is 5.98. The first-order valence-corrected chi connectivity index (χ1v) is 7.86. The highest BCUT2D eigenvalue weighted by Gasteiger charge is 2.29. The van der Waals surface area contributed by atoms with Gasteiger partial charge in [0.15, 0.2) is 0 Å². The van der Waals surface area contributed by atoms with Crippen LogP contribution in [0.1, 0.15) is 43.7 Å². The van der Waals surface area contributed by atoms with Crippen LogP contribution in [0, 0.1) is 0 Å². The molecule has 0 bridgehead atoms. The third kappa shape index (κ3) is 3.26. The molecule has 0 aliphatic carbocycles. The van der Waals surface area contributed by atoms with E-state index in [0.717, 1.165) is 12.8 Å². The minimum Gasteiger partial charge on any atom is -0.321 e. The van der Waals surface area contributed by atoms with Crippen molar-refractivity contribution in [2.45, 2.75) is 44.6 Å². The lowest BCUT2D eigenvalue weighted by atomic mass is 9.85. The van der Waals surface area contributed by atoms with E-state index in [0.29, 0.717) is 0 Å². The van der Waals surface area contributed by atoms with Crippen molar-refractivity contribution in [1.29, 1.82) is 0 Å². The summed E-state index contributed by atoms with van der Waals surface area (Å²) in [5.41, 5.74) is 9.24. The zero-order valence-corrected chi connectivity index (χ0v) is 11.6. The molecule has 1 aliphatic rings. The van der Waals surface area contributed by atoms with E-state index in [-0.39, 0.29) is 5.54 Å². The summed E-state index contributed by atoms with van der Waals surface area (Å²) in [5, 5.41) is 0. The Morgan fingerprint density at radius 1 is 1.18 bits per heavy atom. The van der Waals surface area contributed by atoms with Crippen molar-refractivity contribution in [2.24, 2.45) is 5.73 Å². The van der Waals surface area contributed by atoms with Crippen molar-refractivity contribution in [1.82, 2.24) is 0 Å². The van der Waals surface area contributed by atoms with Crippen LogP contribution in [-0.2, 0) is 12.0 Å². The quantitative estimate of drug-likeness (QED) is 0.880. The molecule has 1 saturated heterocycles. The Hall–Kier alpha value is -0.470. The molecule has 0 atom stereocenters. The molecule has 1 heterocycles. The van der Waals surface area contributed by atoms with Gasteiger partial charge < -0.3 is 5.73 Å². The van der Waals surface area contributed by atoms with E-state index in [4.69, 9.17) is 5.73 Å². The molecule has 0 saturated carbocycles. The molecule has 0 amide bonds. The monoisotopic (exact) mass is 249 g/mol. The normalized spacial score (nSPS) is 19.2. The summed E-state index contributed by atoms with van der Waals surface area (Å²) in [6.45, 7) is 2.24. The smallest absolute Gasteiger partial charge is 0.0425 e. The van der Waals surface area contributed by atoms with Crippen LogP contribution in [0.2, 0.25) is 0 Å². The Labute approximate surface area is 109 Å². The average molecular weight is 249 g/mol. The van der Waals surface area contributed by atoms with Gasteiger partial charge in [-0.15, -0.1) is 0 Å². The fourth-order valence-corrected chi connectivity index (χ4v) is 3.63. The molecule has 0 aromatic heterocycles. The van der Waals surface area contributed by atoms with E-state index in [1.54, 1.807) is 0 Å². The van der Waals surface area contributed by atoms with Gasteiger partial charge in [-0.2, -0.15) is 11.8 Å². The average Bonchev–Trinajstić information content (AvgIpc) is 2.38. The van der Waals surface area contributed by atoms with Gasteiger partial charge in [-0.1, -0.05) is 37.6 Å². The van der Waals surface area contributed by atoms with Crippen LogP contribution in [0.15, 0.2) is 24.3 Å². The topological polar surface area (TPSA) is 26.0 Å². The van der Waals surface area contributed by atoms with Gasteiger partial charge in [-0.3, -0.25) is 0 Å². The third-order valence-corrected chi connectivity index (χ3v) is 4.72. The predicted molar refractivity (Wildman–Crippen MR) is 77.5 cm³/mol. The molecule has 2 N–H and O–H groups in total. The van der Waals surface area contributed by atoms with Crippen LogP contribution in [0.3, 0.4) is 0 Å². The maximum absolute atomic E-state index is 6.52. The second-order valence-electron chi connectivity index (χ2n) is 5.07. The first-order valence-electron chi connectivity index (χ1n) is 6.71. The first kappa shape index (κ1) is 13.0. The van der Waals surface area contributed by atoms with Gasteiger partial charge in [0.25, 0.3) is 0 Å². The van der Waals surface area contributed by atoms with Gasteiger partial charge in [0.1, 0.15) is 0 Å². The summed E-state index contributed by atoms with van der Waals surface area (Å²) in [4.78, 5) is 0. The lowest BCUT2D eigenvalue weighted by molar-refractivity contribution is 0.410. The maximum Gasteiger partial charge on any atom is 0.0425 e. The van der Waals surface area contributed by atoms with E-state index >= 15 is 0 Å². The van der Waals surface area contributed by atoms with Gasteiger partial charge in [0, 0.05) is 5.54 Å². The first-order chi connectivity index (χ1) is 8.24. The second-order valence-corrected chi connectivity index (χ2v) is 6.29. The number of aryl methyl sites for hydroxylation is 1. The summed E-state index contributed by atoms with van der Waals surface area (Å²) in [5.74, 6) is 2.40. The number of hydrogen-bond acceptors (Lipinski definition) is 2. The summed E-state index contributed by atoms with van der Waals surface area (Å²) in [7, 11) is 0. The molecule has 2 rings (SSSR count). The largest absolute Gasteiger partial charge is 0.321 e. The lowest BCUT2D eigenvalue weighted by Crippen LogP contribution is -2.40. The number of hydrogen-bond donors (Lipinski definition) is 1. The van der Waals surface area contributed by atoms with E-state index in [1.165, 1.54) is 41.9 Å². The molecule has 1 fully saturated rings. The van der Waals surface area contributed by atoms with Crippen molar-refractivity contribution in [3.05, 3.63) is 35.4 Å². The molecule has 2 heteroatoms. The number of unbranched alkanes of at least 4 members (excludes halogenated alkanes) is 1. The molecule has 0 unspecified atom stereocenters. The second kappa shape index (κ2) is 5.92. The zero-order chi connectivity index (χ0) is 12.1. The summed E-state index contributed by atoms with van der Waals surface area (Å²) in [6, 6.07) is 9.03. The van der Waals surface area contributed by atoms with Crippen LogP contribution >= 0.6 is 11.8 Å². The fraction of sp³-hybridized carbons (Fsp3) is 0.600. The van der Waals surface area contributed by atoms with Crippen molar-refractivity contribution < 1.29 is 0 Å². The summed E-state index contributed by atoms with van der Waals surface area (Å²) >= 11 is 2.03. The molecule has 0 spiro atoms. The van der Waals surface area contributed by atoms with Gasteiger partial charge in [-0.25, -0.2) is 0 Å². The highest BCUT2D eigenvalue weighted by molar-refractivity contribution is 7.99. The predicted octanol–water partition coefficient (Wildman–Crippen LogP) is 3.71. The molecule has 1 nitrogen and oxygen atoms in total. The lowest BCUT2D eigenvalue weighted by Gasteiger charge is -2.33. The van der Waals surface area contributed by atoms with Gasteiger partial charge in [0.05, 0.1) is 0 Å². The van der Waals surface area contributed by atoms with E-state index in [2.05, 4.69) is 31.2 Å². The van der Waals surface area contributed by atoms with Crippen molar-refractivity contribution in [3.8, 4) is 0 Å². The number of nitrogens with two attached hydrogens (primary N) is 1. The van der Waals surface area contributed by atoms with E-state index in [9.17, 15) is 0 Å². The molecular formula is C15H23NS. The van der Waals surface area contributed by atoms with E-state index in [1.807, 2.05) is 11.8 Å². The van der Waals surface area contributed by atoms with Crippen LogP contribution in [0.4, 0.5) is 0 Å². The molecule has 17 heavy (non-hydrogen) atoms. The Bertz CT molecular complexity index is 338. The maximum atomic E-state index is 6.52. The standard InChI is InChI=1S/C15H23NS/c1-2-3-4-13-5-7-14(8-6-13)15(16)9-11-17-12-10-15/h5-8H,2-4,9-12,16H2,1H3. The molecule has 94 valence electrons. The third-order valence-electron chi connectivity index (χ3n) is 3.73. The fourth-order valence-electron chi connectivity index (χ4n) is 2.41.